The third-order valence-corrected chi connectivity index (χ3v) is 3.34. The van der Waals surface area contributed by atoms with Gasteiger partial charge in [-0.2, -0.15) is 0 Å². The Morgan fingerprint density at radius 2 is 1.92 bits per heavy atom. The van der Waals surface area contributed by atoms with Crippen LogP contribution in [0.1, 0.15) is 51.9 Å². The fraction of sp³-hybridized carbons (Fsp3) is 1.00. The number of aliphatic hydroxyl groups excluding tert-OH is 1. The van der Waals surface area contributed by atoms with Crippen LogP contribution < -0.4 is 0 Å². The first kappa shape index (κ1) is 10.0. The van der Waals surface area contributed by atoms with E-state index in [0.717, 1.165) is 18.3 Å². The molecule has 1 atom stereocenters. The van der Waals surface area contributed by atoms with Crippen molar-refractivity contribution in [2.24, 2.45) is 11.8 Å². The molecule has 0 bridgehead atoms. The monoisotopic (exact) mass is 170 g/mol. The van der Waals surface area contributed by atoms with Gasteiger partial charge in [0, 0.05) is 6.61 Å². The van der Waals surface area contributed by atoms with E-state index in [9.17, 15) is 0 Å². The Bertz CT molecular complexity index is 103. The third kappa shape index (κ3) is 2.78. The lowest BCUT2D eigenvalue weighted by molar-refractivity contribution is 0.183. The van der Waals surface area contributed by atoms with E-state index in [1.807, 2.05) is 0 Å². The second-order valence-corrected chi connectivity index (χ2v) is 4.08. The number of aliphatic hydroxyl groups is 1. The van der Waals surface area contributed by atoms with Gasteiger partial charge in [0.1, 0.15) is 0 Å². The highest BCUT2D eigenvalue weighted by Gasteiger charge is 2.21. The molecule has 1 aliphatic rings. The lowest BCUT2D eigenvalue weighted by Gasteiger charge is -2.29. The van der Waals surface area contributed by atoms with Gasteiger partial charge in [0.25, 0.3) is 0 Å². The Hall–Kier alpha value is -0.0400. The van der Waals surface area contributed by atoms with Gasteiger partial charge >= 0.3 is 0 Å². The van der Waals surface area contributed by atoms with Crippen molar-refractivity contribution in [1.82, 2.24) is 0 Å². The van der Waals surface area contributed by atoms with Crippen LogP contribution in [0, 0.1) is 11.8 Å². The van der Waals surface area contributed by atoms with Gasteiger partial charge in [-0.3, -0.25) is 0 Å². The van der Waals surface area contributed by atoms with Crippen molar-refractivity contribution >= 4 is 0 Å². The van der Waals surface area contributed by atoms with Gasteiger partial charge in [-0.1, -0.05) is 45.4 Å². The summed E-state index contributed by atoms with van der Waals surface area (Å²) in [5.41, 5.74) is 0. The van der Waals surface area contributed by atoms with Gasteiger partial charge in [0.15, 0.2) is 0 Å². The van der Waals surface area contributed by atoms with E-state index in [4.69, 9.17) is 5.11 Å². The van der Waals surface area contributed by atoms with Gasteiger partial charge < -0.3 is 5.11 Å². The molecule has 0 aromatic heterocycles. The fourth-order valence-corrected chi connectivity index (χ4v) is 2.54. The third-order valence-electron chi connectivity index (χ3n) is 3.34. The van der Waals surface area contributed by atoms with Crippen LogP contribution >= 0.6 is 0 Å². The number of rotatable bonds is 4. The molecule has 12 heavy (non-hydrogen) atoms. The molecular formula is C11H22O. The van der Waals surface area contributed by atoms with E-state index in [0.29, 0.717) is 6.61 Å². The highest BCUT2D eigenvalue weighted by molar-refractivity contribution is 4.72. The van der Waals surface area contributed by atoms with Crippen molar-refractivity contribution in [3.05, 3.63) is 0 Å². The predicted octanol–water partition coefficient (Wildman–Crippen LogP) is 2.98. The number of hydrogen-bond donors (Lipinski definition) is 1. The van der Waals surface area contributed by atoms with Gasteiger partial charge in [-0.25, -0.2) is 0 Å². The summed E-state index contributed by atoms with van der Waals surface area (Å²) in [4.78, 5) is 0. The molecule has 0 amide bonds. The topological polar surface area (TPSA) is 20.2 Å². The Kier molecular flexibility index (Phi) is 4.67. The first-order valence-corrected chi connectivity index (χ1v) is 5.49. The summed E-state index contributed by atoms with van der Waals surface area (Å²) in [5.74, 6) is 1.73. The van der Waals surface area contributed by atoms with Crippen LogP contribution in [-0.4, -0.2) is 11.7 Å². The molecule has 0 unspecified atom stereocenters. The standard InChI is InChI=1S/C11H22O/c1-2-10(8-9-12)11-6-4-3-5-7-11/h10-12H,2-9H2,1H3/t10-/m0/s1. The van der Waals surface area contributed by atoms with Crippen molar-refractivity contribution in [2.75, 3.05) is 6.61 Å². The van der Waals surface area contributed by atoms with E-state index in [1.165, 1.54) is 38.5 Å². The van der Waals surface area contributed by atoms with Gasteiger partial charge in [0.2, 0.25) is 0 Å². The molecule has 0 radical (unpaired) electrons. The maximum absolute atomic E-state index is 8.90. The van der Waals surface area contributed by atoms with Crippen LogP contribution in [0.25, 0.3) is 0 Å². The second-order valence-electron chi connectivity index (χ2n) is 4.08. The molecule has 1 heteroatoms. The van der Waals surface area contributed by atoms with E-state index in [2.05, 4.69) is 6.92 Å². The Balaban J connectivity index is 2.29. The van der Waals surface area contributed by atoms with Crippen LogP contribution in [0.4, 0.5) is 0 Å². The highest BCUT2D eigenvalue weighted by atomic mass is 16.3. The minimum atomic E-state index is 0.384. The number of hydrogen-bond acceptors (Lipinski definition) is 1. The van der Waals surface area contributed by atoms with Gasteiger partial charge in [0.05, 0.1) is 0 Å². The molecule has 0 aromatic carbocycles. The summed E-state index contributed by atoms with van der Waals surface area (Å²) in [5, 5.41) is 8.90. The van der Waals surface area contributed by atoms with Crippen molar-refractivity contribution in [1.29, 1.82) is 0 Å². The van der Waals surface area contributed by atoms with E-state index < -0.39 is 0 Å². The summed E-state index contributed by atoms with van der Waals surface area (Å²) in [6, 6.07) is 0. The lowest BCUT2D eigenvalue weighted by Crippen LogP contribution is -2.18. The molecule has 0 spiro atoms. The van der Waals surface area contributed by atoms with Gasteiger partial charge in [-0.15, -0.1) is 0 Å². The molecule has 1 aliphatic carbocycles. The van der Waals surface area contributed by atoms with Crippen LogP contribution in [0.2, 0.25) is 0 Å². The zero-order valence-corrected chi connectivity index (χ0v) is 8.26. The zero-order chi connectivity index (χ0) is 8.81. The molecule has 1 saturated carbocycles. The van der Waals surface area contributed by atoms with Crippen LogP contribution in [0.3, 0.4) is 0 Å². The normalized spacial score (nSPS) is 22.5. The minimum Gasteiger partial charge on any atom is -0.396 e. The Labute approximate surface area is 76.2 Å². The molecule has 0 heterocycles. The average Bonchev–Trinajstić information content (AvgIpc) is 2.15. The molecule has 1 rings (SSSR count). The summed E-state index contributed by atoms with van der Waals surface area (Å²) >= 11 is 0. The highest BCUT2D eigenvalue weighted by Crippen LogP contribution is 2.33. The van der Waals surface area contributed by atoms with E-state index >= 15 is 0 Å². The molecule has 72 valence electrons. The Morgan fingerprint density at radius 3 is 2.42 bits per heavy atom. The summed E-state index contributed by atoms with van der Waals surface area (Å²) in [6.45, 7) is 2.64. The average molecular weight is 170 g/mol. The smallest absolute Gasteiger partial charge is 0.0433 e. The molecule has 1 nitrogen and oxygen atoms in total. The Morgan fingerprint density at radius 1 is 1.25 bits per heavy atom. The largest absolute Gasteiger partial charge is 0.396 e. The molecule has 0 aromatic rings. The fourth-order valence-electron chi connectivity index (χ4n) is 2.54. The predicted molar refractivity (Wildman–Crippen MR) is 52.1 cm³/mol. The van der Waals surface area contributed by atoms with E-state index in [-0.39, 0.29) is 0 Å². The first-order valence-electron chi connectivity index (χ1n) is 5.49. The zero-order valence-electron chi connectivity index (χ0n) is 8.26. The molecule has 1 N–H and O–H groups in total. The van der Waals surface area contributed by atoms with Crippen molar-refractivity contribution < 1.29 is 5.11 Å². The van der Waals surface area contributed by atoms with Crippen molar-refractivity contribution in [3.8, 4) is 0 Å². The minimum absolute atomic E-state index is 0.384. The second kappa shape index (κ2) is 5.58. The SMILES string of the molecule is CC[C@@H](CCO)C1CCCCC1. The quantitative estimate of drug-likeness (QED) is 0.687. The maximum atomic E-state index is 8.90. The van der Waals surface area contributed by atoms with Crippen molar-refractivity contribution in [2.45, 2.75) is 51.9 Å². The molecule has 1 fully saturated rings. The summed E-state index contributed by atoms with van der Waals surface area (Å²) in [7, 11) is 0. The van der Waals surface area contributed by atoms with E-state index in [1.54, 1.807) is 0 Å². The van der Waals surface area contributed by atoms with Crippen molar-refractivity contribution in [3.63, 3.8) is 0 Å². The van der Waals surface area contributed by atoms with Crippen LogP contribution in [0.5, 0.6) is 0 Å². The molecular weight excluding hydrogens is 148 g/mol. The lowest BCUT2D eigenvalue weighted by atomic mass is 9.77. The first-order chi connectivity index (χ1) is 5.88. The van der Waals surface area contributed by atoms with Crippen LogP contribution in [0.15, 0.2) is 0 Å². The van der Waals surface area contributed by atoms with Crippen LogP contribution in [-0.2, 0) is 0 Å². The summed E-state index contributed by atoms with van der Waals surface area (Å²) in [6.07, 6.45) is 9.40. The molecule has 0 aliphatic heterocycles. The molecule has 0 saturated heterocycles. The maximum Gasteiger partial charge on any atom is 0.0433 e. The van der Waals surface area contributed by atoms with Gasteiger partial charge in [-0.05, 0) is 18.3 Å². The summed E-state index contributed by atoms with van der Waals surface area (Å²) < 4.78 is 0.